The van der Waals surface area contributed by atoms with Crippen molar-refractivity contribution in [2.75, 3.05) is 27.3 Å². The van der Waals surface area contributed by atoms with Gasteiger partial charge in [0.15, 0.2) is 0 Å². The Bertz CT molecular complexity index is 1020. The first kappa shape index (κ1) is 20.7. The number of piperazine rings is 1. The van der Waals surface area contributed by atoms with Crippen molar-refractivity contribution in [2.24, 2.45) is 0 Å². The maximum Gasteiger partial charge on any atom is 0.318 e. The van der Waals surface area contributed by atoms with Gasteiger partial charge in [-0.1, -0.05) is 30.3 Å². The second-order valence-corrected chi connectivity index (χ2v) is 8.82. The van der Waals surface area contributed by atoms with Gasteiger partial charge in [-0.15, -0.1) is 0 Å². The number of carbonyl (C=O) groups is 2. The van der Waals surface area contributed by atoms with E-state index in [4.69, 9.17) is 9.47 Å². The van der Waals surface area contributed by atoms with E-state index in [9.17, 15) is 9.59 Å². The molecule has 4 aliphatic heterocycles. The zero-order valence-corrected chi connectivity index (χ0v) is 18.6. The van der Waals surface area contributed by atoms with E-state index < -0.39 is 11.6 Å². The summed E-state index contributed by atoms with van der Waals surface area (Å²) in [5.41, 5.74) is 2.62. The minimum Gasteiger partial charge on any atom is -0.497 e. The molecule has 7 heteroatoms. The van der Waals surface area contributed by atoms with E-state index in [1.807, 2.05) is 47.4 Å². The topological polar surface area (TPSA) is 71.1 Å². The predicted molar refractivity (Wildman–Crippen MR) is 120 cm³/mol. The summed E-state index contributed by atoms with van der Waals surface area (Å²) in [4.78, 5) is 30.7. The zero-order chi connectivity index (χ0) is 22.3. The van der Waals surface area contributed by atoms with Crippen LogP contribution < -0.4 is 14.8 Å². The lowest BCUT2D eigenvalue weighted by atomic mass is 9.76. The SMILES string of the molecule is COc1cc2c(c(OC)c1)C13CCCC(C(=O)N1CC2)N(C(=O)NCc1ccccc1)C3. The van der Waals surface area contributed by atoms with Crippen LogP contribution in [0.25, 0.3) is 0 Å². The van der Waals surface area contributed by atoms with Gasteiger partial charge in [0.2, 0.25) is 5.91 Å². The summed E-state index contributed by atoms with van der Waals surface area (Å²) in [6, 6.07) is 13.2. The molecule has 2 atom stereocenters. The Morgan fingerprint density at radius 3 is 2.75 bits per heavy atom. The molecule has 3 fully saturated rings. The zero-order valence-electron chi connectivity index (χ0n) is 18.6. The van der Waals surface area contributed by atoms with E-state index >= 15 is 0 Å². The molecule has 0 aromatic heterocycles. The van der Waals surface area contributed by atoms with Gasteiger partial charge >= 0.3 is 6.03 Å². The summed E-state index contributed by atoms with van der Waals surface area (Å²) < 4.78 is 11.3. The number of urea groups is 1. The number of fused-ring (bicyclic) bond motifs is 4. The second kappa shape index (κ2) is 8.04. The van der Waals surface area contributed by atoms with Crippen molar-refractivity contribution < 1.29 is 19.1 Å². The van der Waals surface area contributed by atoms with Crippen LogP contribution in [-0.2, 0) is 23.3 Å². The molecule has 2 unspecified atom stereocenters. The van der Waals surface area contributed by atoms with Gasteiger partial charge in [-0.3, -0.25) is 4.79 Å². The molecule has 0 aliphatic carbocycles. The number of carbonyl (C=O) groups excluding carboxylic acids is 2. The maximum atomic E-state index is 13.6. The fraction of sp³-hybridized carbons (Fsp3) is 0.440. The standard InChI is InChI=1S/C25H29N3O4/c1-31-19-13-18-10-12-28-23(29)20-9-6-11-25(28,22(18)21(14-19)32-2)16-27(20)24(30)26-15-17-7-4-3-5-8-17/h3-5,7-8,13-14,20H,6,9-12,15-16H2,1-2H3,(H,26,30). The van der Waals surface area contributed by atoms with Crippen LogP contribution in [-0.4, -0.2) is 55.1 Å². The molecule has 3 saturated heterocycles. The Morgan fingerprint density at radius 2 is 2.00 bits per heavy atom. The molecule has 2 aromatic rings. The number of benzene rings is 2. The Hall–Kier alpha value is -3.22. The number of rotatable bonds is 4. The average Bonchev–Trinajstić information content (AvgIpc) is 3.11. The lowest BCUT2D eigenvalue weighted by Gasteiger charge is -2.54. The smallest absolute Gasteiger partial charge is 0.318 e. The number of hydrogen-bond acceptors (Lipinski definition) is 4. The minimum absolute atomic E-state index is 0.0483. The van der Waals surface area contributed by atoms with Crippen molar-refractivity contribution in [1.82, 2.24) is 15.1 Å². The molecule has 1 N–H and O–H groups in total. The summed E-state index contributed by atoms with van der Waals surface area (Å²) in [7, 11) is 3.30. The summed E-state index contributed by atoms with van der Waals surface area (Å²) in [6.45, 7) is 1.56. The molecule has 7 nitrogen and oxygen atoms in total. The highest BCUT2D eigenvalue weighted by Crippen LogP contribution is 2.51. The third-order valence-corrected chi connectivity index (χ3v) is 7.17. The Morgan fingerprint density at radius 1 is 1.19 bits per heavy atom. The Kier molecular flexibility index (Phi) is 5.19. The lowest BCUT2D eigenvalue weighted by molar-refractivity contribution is -0.151. The van der Waals surface area contributed by atoms with Crippen molar-refractivity contribution >= 4 is 11.9 Å². The minimum atomic E-state index is -0.570. The van der Waals surface area contributed by atoms with E-state index in [0.29, 0.717) is 26.1 Å². The van der Waals surface area contributed by atoms with E-state index in [1.54, 1.807) is 19.1 Å². The molecule has 0 radical (unpaired) electrons. The van der Waals surface area contributed by atoms with Crippen LogP contribution in [0.1, 0.15) is 36.0 Å². The third kappa shape index (κ3) is 3.18. The fourth-order valence-corrected chi connectivity index (χ4v) is 5.72. The van der Waals surface area contributed by atoms with Crippen molar-refractivity contribution in [1.29, 1.82) is 0 Å². The molecule has 0 saturated carbocycles. The summed E-state index contributed by atoms with van der Waals surface area (Å²) in [5, 5.41) is 3.03. The van der Waals surface area contributed by atoms with Crippen LogP contribution in [0.5, 0.6) is 11.5 Å². The Balaban J connectivity index is 1.51. The van der Waals surface area contributed by atoms with Crippen LogP contribution in [0, 0.1) is 0 Å². The van der Waals surface area contributed by atoms with Crippen LogP contribution in [0.4, 0.5) is 4.79 Å². The molecular weight excluding hydrogens is 406 g/mol. The van der Waals surface area contributed by atoms with Gasteiger partial charge in [0.05, 0.1) is 26.3 Å². The van der Waals surface area contributed by atoms with Gasteiger partial charge in [-0.25, -0.2) is 4.79 Å². The molecule has 3 amide bonds. The van der Waals surface area contributed by atoms with Crippen LogP contribution >= 0.6 is 0 Å². The van der Waals surface area contributed by atoms with Crippen LogP contribution in [0.2, 0.25) is 0 Å². The molecular formula is C25H29N3O4. The van der Waals surface area contributed by atoms with Crippen molar-refractivity contribution in [2.45, 2.75) is 43.8 Å². The van der Waals surface area contributed by atoms with Gasteiger partial charge in [0.1, 0.15) is 17.5 Å². The second-order valence-electron chi connectivity index (χ2n) is 8.82. The van der Waals surface area contributed by atoms with E-state index in [-0.39, 0.29) is 11.9 Å². The number of nitrogens with one attached hydrogen (secondary N) is 1. The monoisotopic (exact) mass is 435 g/mol. The van der Waals surface area contributed by atoms with Crippen molar-refractivity contribution in [3.8, 4) is 11.5 Å². The summed E-state index contributed by atoms with van der Waals surface area (Å²) in [6.07, 6.45) is 3.13. The number of methoxy groups -OCH3 is 2. The molecule has 4 aliphatic rings. The van der Waals surface area contributed by atoms with Gasteiger partial charge in [0.25, 0.3) is 0 Å². The van der Waals surface area contributed by atoms with Gasteiger partial charge in [0, 0.05) is 24.7 Å². The van der Waals surface area contributed by atoms with E-state index in [1.165, 1.54) is 0 Å². The molecule has 6 rings (SSSR count). The maximum absolute atomic E-state index is 13.6. The average molecular weight is 436 g/mol. The first-order chi connectivity index (χ1) is 15.6. The number of amides is 3. The van der Waals surface area contributed by atoms with Gasteiger partial charge in [-0.2, -0.15) is 0 Å². The van der Waals surface area contributed by atoms with Gasteiger partial charge in [-0.05, 0) is 42.9 Å². The third-order valence-electron chi connectivity index (χ3n) is 7.17. The highest BCUT2D eigenvalue weighted by atomic mass is 16.5. The molecule has 2 aromatic carbocycles. The van der Waals surface area contributed by atoms with Crippen LogP contribution in [0.15, 0.2) is 42.5 Å². The molecule has 168 valence electrons. The quantitative estimate of drug-likeness (QED) is 0.801. The molecule has 2 bridgehead atoms. The highest BCUT2D eigenvalue weighted by Gasteiger charge is 2.57. The van der Waals surface area contributed by atoms with Crippen LogP contribution in [0.3, 0.4) is 0 Å². The Labute approximate surface area is 188 Å². The molecule has 4 heterocycles. The lowest BCUT2D eigenvalue weighted by Crippen LogP contribution is -2.68. The fourth-order valence-electron chi connectivity index (χ4n) is 5.72. The van der Waals surface area contributed by atoms with E-state index in [0.717, 1.165) is 47.5 Å². The number of hydrogen-bond donors (Lipinski definition) is 1. The van der Waals surface area contributed by atoms with Crippen molar-refractivity contribution in [3.63, 3.8) is 0 Å². The van der Waals surface area contributed by atoms with E-state index in [2.05, 4.69) is 5.32 Å². The summed E-state index contributed by atoms with van der Waals surface area (Å²) in [5.74, 6) is 1.52. The first-order valence-electron chi connectivity index (χ1n) is 11.2. The first-order valence-corrected chi connectivity index (χ1v) is 11.2. The summed E-state index contributed by atoms with van der Waals surface area (Å²) >= 11 is 0. The normalized spacial score (nSPS) is 23.8. The largest absolute Gasteiger partial charge is 0.497 e. The predicted octanol–water partition coefficient (Wildman–Crippen LogP) is 3.06. The van der Waals surface area contributed by atoms with Gasteiger partial charge < -0.3 is 24.6 Å². The highest BCUT2D eigenvalue weighted by molar-refractivity contribution is 5.90. The number of nitrogens with zero attached hydrogens (tertiary/aromatic N) is 2. The molecule has 1 spiro atoms. The number of ether oxygens (including phenoxy) is 2. The van der Waals surface area contributed by atoms with Crippen molar-refractivity contribution in [3.05, 3.63) is 59.2 Å². The molecule has 32 heavy (non-hydrogen) atoms.